The largest absolute Gasteiger partial charge is 0.353 e. The summed E-state index contributed by atoms with van der Waals surface area (Å²) in [7, 11) is 1.99. The average molecular weight is 386 g/mol. The Morgan fingerprint density at radius 2 is 1.82 bits per heavy atom. The summed E-state index contributed by atoms with van der Waals surface area (Å²) >= 11 is 0. The molecule has 2 fully saturated rings. The third-order valence-electron chi connectivity index (χ3n) is 6.34. The first-order valence-electron chi connectivity index (χ1n) is 10.9. The van der Waals surface area contributed by atoms with Gasteiger partial charge >= 0.3 is 0 Å². The van der Waals surface area contributed by atoms with Crippen molar-refractivity contribution in [2.24, 2.45) is 5.92 Å². The third-order valence-corrected chi connectivity index (χ3v) is 6.34. The van der Waals surface area contributed by atoms with Crippen LogP contribution in [0.5, 0.6) is 0 Å². The van der Waals surface area contributed by atoms with E-state index >= 15 is 0 Å². The molecule has 1 aliphatic heterocycles. The van der Waals surface area contributed by atoms with E-state index in [1.165, 1.54) is 19.3 Å². The van der Waals surface area contributed by atoms with Crippen molar-refractivity contribution in [1.29, 1.82) is 0 Å². The predicted molar refractivity (Wildman–Crippen MR) is 112 cm³/mol. The van der Waals surface area contributed by atoms with Crippen LogP contribution in [-0.2, 0) is 9.59 Å². The third kappa shape index (κ3) is 5.13. The summed E-state index contributed by atoms with van der Waals surface area (Å²) in [5, 5.41) is 3.26. The normalized spacial score (nSPS) is 22.1. The van der Waals surface area contributed by atoms with Gasteiger partial charge in [0.15, 0.2) is 0 Å². The summed E-state index contributed by atoms with van der Waals surface area (Å²) in [6.45, 7) is 4.15. The Bertz CT molecular complexity index is 643. The second-order valence-corrected chi connectivity index (χ2v) is 8.35. The topological polar surface area (TPSA) is 52.7 Å². The standard InChI is InChI=1S/C23H35N3O2/c1-3-25(2)21(18-11-6-4-7-12-18)23(28)26-16-10-13-19(17-26)22(27)24-20-14-8-5-9-15-20/h4,6-7,11-12,19-21H,3,5,8-10,13-17H2,1-2H3,(H,24,27). The lowest BCUT2D eigenvalue weighted by Crippen LogP contribution is -2.50. The molecule has 5 nitrogen and oxygen atoms in total. The molecular weight excluding hydrogens is 350 g/mol. The van der Waals surface area contributed by atoms with E-state index in [1.54, 1.807) is 0 Å². The van der Waals surface area contributed by atoms with Crippen molar-refractivity contribution in [1.82, 2.24) is 15.1 Å². The summed E-state index contributed by atoms with van der Waals surface area (Å²) in [5.74, 6) is 0.179. The quantitative estimate of drug-likeness (QED) is 0.817. The van der Waals surface area contributed by atoms with E-state index in [0.29, 0.717) is 12.6 Å². The van der Waals surface area contributed by atoms with Crippen LogP contribution in [0.1, 0.15) is 63.5 Å². The van der Waals surface area contributed by atoms with Gasteiger partial charge in [-0.15, -0.1) is 0 Å². The number of rotatable bonds is 6. The molecule has 1 heterocycles. The number of benzene rings is 1. The molecule has 5 heteroatoms. The van der Waals surface area contributed by atoms with Crippen LogP contribution in [0.4, 0.5) is 0 Å². The Morgan fingerprint density at radius 3 is 2.50 bits per heavy atom. The van der Waals surface area contributed by atoms with Gasteiger partial charge in [-0.3, -0.25) is 14.5 Å². The highest BCUT2D eigenvalue weighted by Gasteiger charge is 2.34. The fourth-order valence-electron chi connectivity index (χ4n) is 4.53. The summed E-state index contributed by atoms with van der Waals surface area (Å²) in [6.07, 6.45) is 7.67. The Morgan fingerprint density at radius 1 is 1.11 bits per heavy atom. The number of piperidine rings is 1. The summed E-state index contributed by atoms with van der Waals surface area (Å²) in [6, 6.07) is 10.0. The molecule has 2 amide bonds. The molecule has 2 aliphatic rings. The van der Waals surface area contributed by atoms with Gasteiger partial charge in [-0.1, -0.05) is 56.5 Å². The van der Waals surface area contributed by atoms with Crippen LogP contribution in [0.3, 0.4) is 0 Å². The minimum absolute atomic E-state index is 0.0806. The number of hydrogen-bond donors (Lipinski definition) is 1. The van der Waals surface area contributed by atoms with Crippen molar-refractivity contribution in [2.45, 2.75) is 64.0 Å². The number of likely N-dealkylation sites (N-methyl/N-ethyl adjacent to an activating group) is 1. The zero-order valence-corrected chi connectivity index (χ0v) is 17.4. The molecule has 0 aromatic heterocycles. The van der Waals surface area contributed by atoms with E-state index in [1.807, 2.05) is 42.3 Å². The van der Waals surface area contributed by atoms with Gasteiger partial charge in [0.2, 0.25) is 11.8 Å². The van der Waals surface area contributed by atoms with Crippen LogP contribution >= 0.6 is 0 Å². The molecule has 154 valence electrons. The number of hydrogen-bond acceptors (Lipinski definition) is 3. The zero-order valence-electron chi connectivity index (χ0n) is 17.4. The van der Waals surface area contributed by atoms with Crippen molar-refractivity contribution >= 4 is 11.8 Å². The lowest BCUT2D eigenvalue weighted by molar-refractivity contribution is -0.140. The number of carbonyl (C=O) groups excluding carboxylic acids is 2. The van der Waals surface area contributed by atoms with Gasteiger partial charge in [0.05, 0.1) is 5.92 Å². The lowest BCUT2D eigenvalue weighted by Gasteiger charge is -2.37. The maximum atomic E-state index is 13.4. The molecule has 2 unspecified atom stereocenters. The molecule has 28 heavy (non-hydrogen) atoms. The second-order valence-electron chi connectivity index (χ2n) is 8.35. The Labute approximate surface area is 169 Å². The van der Waals surface area contributed by atoms with Gasteiger partial charge < -0.3 is 10.2 Å². The molecule has 0 bridgehead atoms. The molecule has 1 N–H and O–H groups in total. The van der Waals surface area contributed by atoms with Crippen molar-refractivity contribution in [3.8, 4) is 0 Å². The summed E-state index contributed by atoms with van der Waals surface area (Å²) in [5.41, 5.74) is 1.02. The van der Waals surface area contributed by atoms with Gasteiger partial charge in [-0.05, 0) is 44.8 Å². The predicted octanol–water partition coefficient (Wildman–Crippen LogP) is 3.37. The van der Waals surface area contributed by atoms with Crippen molar-refractivity contribution in [2.75, 3.05) is 26.7 Å². The van der Waals surface area contributed by atoms with Crippen LogP contribution in [-0.4, -0.2) is 54.3 Å². The van der Waals surface area contributed by atoms with Crippen LogP contribution in [0.25, 0.3) is 0 Å². The molecule has 1 aromatic rings. The monoisotopic (exact) mass is 385 g/mol. The van der Waals surface area contributed by atoms with Crippen LogP contribution < -0.4 is 5.32 Å². The minimum atomic E-state index is -0.286. The SMILES string of the molecule is CCN(C)C(C(=O)N1CCCC(C(=O)NC2CCCCC2)C1)c1ccccc1. The van der Waals surface area contributed by atoms with Gasteiger partial charge in [0, 0.05) is 19.1 Å². The van der Waals surface area contributed by atoms with Crippen molar-refractivity contribution < 1.29 is 9.59 Å². The fourth-order valence-corrected chi connectivity index (χ4v) is 4.53. The first-order valence-corrected chi connectivity index (χ1v) is 10.9. The number of amides is 2. The van der Waals surface area contributed by atoms with Gasteiger partial charge in [-0.25, -0.2) is 0 Å². The van der Waals surface area contributed by atoms with Gasteiger partial charge in [0.1, 0.15) is 6.04 Å². The first-order chi connectivity index (χ1) is 13.6. The first kappa shape index (κ1) is 20.8. The Hall–Kier alpha value is -1.88. The van der Waals surface area contributed by atoms with Crippen molar-refractivity contribution in [3.05, 3.63) is 35.9 Å². The molecule has 0 radical (unpaired) electrons. The number of nitrogens with zero attached hydrogens (tertiary/aromatic N) is 2. The van der Waals surface area contributed by atoms with Gasteiger partial charge in [0.25, 0.3) is 0 Å². The van der Waals surface area contributed by atoms with Gasteiger partial charge in [-0.2, -0.15) is 0 Å². The van der Waals surface area contributed by atoms with Crippen molar-refractivity contribution in [3.63, 3.8) is 0 Å². The summed E-state index contributed by atoms with van der Waals surface area (Å²) in [4.78, 5) is 30.2. The Kier molecular flexibility index (Phi) is 7.49. The maximum absolute atomic E-state index is 13.4. The zero-order chi connectivity index (χ0) is 19.9. The molecule has 1 aromatic carbocycles. The number of nitrogens with one attached hydrogen (secondary N) is 1. The fraction of sp³-hybridized carbons (Fsp3) is 0.652. The van der Waals surface area contributed by atoms with Crippen LogP contribution in [0, 0.1) is 5.92 Å². The highest BCUT2D eigenvalue weighted by molar-refractivity contribution is 5.85. The molecule has 1 aliphatic carbocycles. The van der Waals surface area contributed by atoms with E-state index in [4.69, 9.17) is 0 Å². The smallest absolute Gasteiger partial charge is 0.244 e. The molecule has 2 atom stereocenters. The molecule has 1 saturated heterocycles. The van der Waals surface area contributed by atoms with E-state index < -0.39 is 0 Å². The van der Waals surface area contributed by atoms with E-state index in [0.717, 1.165) is 44.3 Å². The molecule has 3 rings (SSSR count). The molecule has 1 saturated carbocycles. The molecule has 0 spiro atoms. The van der Waals surface area contributed by atoms with E-state index in [-0.39, 0.29) is 23.8 Å². The Balaban J connectivity index is 1.66. The van der Waals surface area contributed by atoms with Crippen LogP contribution in [0.15, 0.2) is 30.3 Å². The van der Waals surface area contributed by atoms with E-state index in [2.05, 4.69) is 17.1 Å². The van der Waals surface area contributed by atoms with Crippen LogP contribution in [0.2, 0.25) is 0 Å². The molecular formula is C23H35N3O2. The highest BCUT2D eigenvalue weighted by atomic mass is 16.2. The van der Waals surface area contributed by atoms with E-state index in [9.17, 15) is 9.59 Å². The number of carbonyl (C=O) groups is 2. The summed E-state index contributed by atoms with van der Waals surface area (Å²) < 4.78 is 0. The second kappa shape index (κ2) is 10.1. The average Bonchev–Trinajstić information content (AvgIpc) is 2.75. The maximum Gasteiger partial charge on any atom is 0.244 e. The number of likely N-dealkylation sites (tertiary alicyclic amines) is 1. The highest BCUT2D eigenvalue weighted by Crippen LogP contribution is 2.26. The minimum Gasteiger partial charge on any atom is -0.353 e. The lowest BCUT2D eigenvalue weighted by atomic mass is 9.92.